The van der Waals surface area contributed by atoms with Crippen LogP contribution in [0.4, 0.5) is 17.1 Å². The van der Waals surface area contributed by atoms with Gasteiger partial charge in [-0.2, -0.15) is 0 Å². The first kappa shape index (κ1) is 20.9. The highest BCUT2D eigenvalue weighted by Crippen LogP contribution is 2.41. The molecular formula is C33H22N2S. The first-order valence-electron chi connectivity index (χ1n) is 12.0. The molecule has 36 heavy (non-hydrogen) atoms. The standard InChI is InChI=1S/C33H22N2S/c1-2-6-23(7-3-1)25-10-13-27(14-11-25)35(28-15-12-24-8-4-5-9-26(24)20-28)29-16-17-32-30(21-29)31-22-34-19-18-33(31)36-32/h1-22H. The van der Waals surface area contributed by atoms with Crippen LogP contribution in [0.5, 0.6) is 0 Å². The molecule has 170 valence electrons. The zero-order chi connectivity index (χ0) is 23.9. The van der Waals surface area contributed by atoms with E-state index in [0.29, 0.717) is 0 Å². The summed E-state index contributed by atoms with van der Waals surface area (Å²) in [6.45, 7) is 0. The van der Waals surface area contributed by atoms with Crippen LogP contribution in [0.1, 0.15) is 0 Å². The first-order valence-corrected chi connectivity index (χ1v) is 12.9. The molecule has 7 rings (SSSR count). The Bertz CT molecular complexity index is 1840. The molecule has 0 spiro atoms. The van der Waals surface area contributed by atoms with Crippen molar-refractivity contribution in [3.05, 3.63) is 134 Å². The molecule has 5 aromatic carbocycles. The number of rotatable bonds is 4. The van der Waals surface area contributed by atoms with E-state index in [1.165, 1.54) is 42.1 Å². The highest BCUT2D eigenvalue weighted by atomic mass is 32.1. The second kappa shape index (κ2) is 8.63. The van der Waals surface area contributed by atoms with Crippen LogP contribution < -0.4 is 4.90 Å². The van der Waals surface area contributed by atoms with Crippen LogP contribution in [0.3, 0.4) is 0 Å². The molecule has 0 aliphatic rings. The van der Waals surface area contributed by atoms with E-state index in [-0.39, 0.29) is 0 Å². The quantitative estimate of drug-likeness (QED) is 0.250. The molecule has 2 heterocycles. The van der Waals surface area contributed by atoms with Crippen molar-refractivity contribution in [3.8, 4) is 11.1 Å². The molecule has 3 heteroatoms. The van der Waals surface area contributed by atoms with Gasteiger partial charge in [0.15, 0.2) is 0 Å². The number of pyridine rings is 1. The van der Waals surface area contributed by atoms with Crippen LogP contribution >= 0.6 is 11.3 Å². The number of aromatic nitrogens is 1. The minimum atomic E-state index is 1.13. The average molecular weight is 479 g/mol. The van der Waals surface area contributed by atoms with Gasteiger partial charge >= 0.3 is 0 Å². The molecule has 0 saturated carbocycles. The van der Waals surface area contributed by atoms with Gasteiger partial charge in [0.05, 0.1) is 0 Å². The molecule has 0 atom stereocenters. The van der Waals surface area contributed by atoms with Crippen molar-refractivity contribution in [1.29, 1.82) is 0 Å². The highest BCUT2D eigenvalue weighted by Gasteiger charge is 2.15. The lowest BCUT2D eigenvalue weighted by Gasteiger charge is -2.26. The molecule has 0 amide bonds. The van der Waals surface area contributed by atoms with Gasteiger partial charge in [-0.05, 0) is 70.4 Å². The number of benzene rings is 5. The predicted octanol–water partition coefficient (Wildman–Crippen LogP) is 9.74. The second-order valence-corrected chi connectivity index (χ2v) is 10.0. The summed E-state index contributed by atoms with van der Waals surface area (Å²) in [5.41, 5.74) is 5.83. The Morgan fingerprint density at radius 1 is 0.500 bits per heavy atom. The van der Waals surface area contributed by atoms with Gasteiger partial charge in [0.2, 0.25) is 0 Å². The fourth-order valence-electron chi connectivity index (χ4n) is 4.94. The number of anilines is 3. The Labute approximate surface area is 213 Å². The van der Waals surface area contributed by atoms with E-state index in [0.717, 1.165) is 17.1 Å². The Hall–Kier alpha value is -4.47. The SMILES string of the molecule is c1ccc(-c2ccc(N(c3ccc4ccccc4c3)c3ccc4sc5ccncc5c4c3)cc2)cc1. The van der Waals surface area contributed by atoms with Crippen molar-refractivity contribution in [1.82, 2.24) is 4.98 Å². The normalized spacial score (nSPS) is 11.3. The summed E-state index contributed by atoms with van der Waals surface area (Å²) in [6.07, 6.45) is 3.85. The van der Waals surface area contributed by atoms with Crippen molar-refractivity contribution in [2.75, 3.05) is 4.90 Å². The lowest BCUT2D eigenvalue weighted by atomic mass is 10.0. The maximum absolute atomic E-state index is 4.39. The number of hydrogen-bond acceptors (Lipinski definition) is 3. The largest absolute Gasteiger partial charge is 0.310 e. The van der Waals surface area contributed by atoms with E-state index in [1.807, 2.05) is 23.7 Å². The minimum Gasteiger partial charge on any atom is -0.310 e. The van der Waals surface area contributed by atoms with Crippen LogP contribution in [0.2, 0.25) is 0 Å². The Morgan fingerprint density at radius 2 is 1.17 bits per heavy atom. The Morgan fingerprint density at radius 3 is 2.03 bits per heavy atom. The van der Waals surface area contributed by atoms with Crippen molar-refractivity contribution >= 4 is 59.3 Å². The summed E-state index contributed by atoms with van der Waals surface area (Å²) < 4.78 is 2.54. The molecule has 7 aromatic rings. The predicted molar refractivity (Wildman–Crippen MR) is 155 cm³/mol. The van der Waals surface area contributed by atoms with Gasteiger partial charge in [-0.3, -0.25) is 4.98 Å². The third-order valence-corrected chi connectivity index (χ3v) is 7.89. The van der Waals surface area contributed by atoms with Crippen LogP contribution in [-0.4, -0.2) is 4.98 Å². The minimum absolute atomic E-state index is 1.13. The summed E-state index contributed by atoms with van der Waals surface area (Å²) in [6, 6.07) is 43.5. The third-order valence-electron chi connectivity index (χ3n) is 6.74. The number of hydrogen-bond donors (Lipinski definition) is 0. The average Bonchev–Trinajstić information content (AvgIpc) is 3.32. The topological polar surface area (TPSA) is 16.1 Å². The number of nitrogens with zero attached hydrogens (tertiary/aromatic N) is 2. The van der Waals surface area contributed by atoms with E-state index in [9.17, 15) is 0 Å². The van der Waals surface area contributed by atoms with Crippen LogP contribution in [0.25, 0.3) is 42.1 Å². The zero-order valence-corrected chi connectivity index (χ0v) is 20.3. The summed E-state index contributed by atoms with van der Waals surface area (Å²) >= 11 is 1.82. The molecule has 0 aliphatic carbocycles. The Kier molecular flexibility index (Phi) is 5.00. The van der Waals surface area contributed by atoms with Gasteiger partial charge < -0.3 is 4.90 Å². The second-order valence-electron chi connectivity index (χ2n) is 8.93. The van der Waals surface area contributed by atoms with Gasteiger partial charge in [0.1, 0.15) is 0 Å². The van der Waals surface area contributed by atoms with Crippen molar-refractivity contribution in [2.24, 2.45) is 0 Å². The van der Waals surface area contributed by atoms with Crippen molar-refractivity contribution in [3.63, 3.8) is 0 Å². The molecule has 0 saturated heterocycles. The number of thiophene rings is 1. The van der Waals surface area contributed by atoms with Gasteiger partial charge in [0, 0.05) is 49.6 Å². The molecule has 0 N–H and O–H groups in total. The summed E-state index contributed by atoms with van der Waals surface area (Å²) in [4.78, 5) is 6.74. The van der Waals surface area contributed by atoms with E-state index in [1.54, 1.807) is 0 Å². The van der Waals surface area contributed by atoms with E-state index in [4.69, 9.17) is 0 Å². The summed E-state index contributed by atoms with van der Waals surface area (Å²) in [5, 5.41) is 4.92. The van der Waals surface area contributed by atoms with Crippen molar-refractivity contribution in [2.45, 2.75) is 0 Å². The van der Waals surface area contributed by atoms with Gasteiger partial charge in [-0.15, -0.1) is 11.3 Å². The van der Waals surface area contributed by atoms with Crippen molar-refractivity contribution < 1.29 is 0 Å². The smallest absolute Gasteiger partial charge is 0.0468 e. The highest BCUT2D eigenvalue weighted by molar-refractivity contribution is 7.25. The van der Waals surface area contributed by atoms with Crippen LogP contribution in [0.15, 0.2) is 134 Å². The van der Waals surface area contributed by atoms with Crippen LogP contribution in [0, 0.1) is 0 Å². The summed E-state index contributed by atoms with van der Waals surface area (Å²) in [5.74, 6) is 0. The lowest BCUT2D eigenvalue weighted by Crippen LogP contribution is -2.09. The number of fused-ring (bicyclic) bond motifs is 4. The monoisotopic (exact) mass is 478 g/mol. The fourth-order valence-corrected chi connectivity index (χ4v) is 6.00. The molecule has 0 fully saturated rings. The summed E-state index contributed by atoms with van der Waals surface area (Å²) in [7, 11) is 0. The first-order chi connectivity index (χ1) is 17.8. The Balaban J connectivity index is 1.41. The van der Waals surface area contributed by atoms with Gasteiger partial charge in [-0.25, -0.2) is 0 Å². The molecular weight excluding hydrogens is 456 g/mol. The third kappa shape index (κ3) is 3.62. The molecule has 0 unspecified atom stereocenters. The maximum Gasteiger partial charge on any atom is 0.0468 e. The maximum atomic E-state index is 4.39. The van der Waals surface area contributed by atoms with E-state index in [2.05, 4.69) is 131 Å². The lowest BCUT2D eigenvalue weighted by molar-refractivity contribution is 1.29. The molecule has 0 radical (unpaired) electrons. The van der Waals surface area contributed by atoms with E-state index < -0.39 is 0 Å². The van der Waals surface area contributed by atoms with E-state index >= 15 is 0 Å². The molecule has 0 bridgehead atoms. The van der Waals surface area contributed by atoms with Crippen LogP contribution in [-0.2, 0) is 0 Å². The van der Waals surface area contributed by atoms with Gasteiger partial charge in [0.25, 0.3) is 0 Å². The molecule has 0 aliphatic heterocycles. The van der Waals surface area contributed by atoms with Gasteiger partial charge in [-0.1, -0.05) is 72.8 Å². The molecule has 2 nitrogen and oxygen atoms in total. The zero-order valence-electron chi connectivity index (χ0n) is 19.5. The fraction of sp³-hybridized carbons (Fsp3) is 0. The molecule has 2 aromatic heterocycles.